The summed E-state index contributed by atoms with van der Waals surface area (Å²) in [5, 5.41) is 3.93. The van der Waals surface area contributed by atoms with Crippen LogP contribution in [0.2, 0.25) is 10.0 Å². The van der Waals surface area contributed by atoms with Crippen molar-refractivity contribution in [3.05, 3.63) is 69.5 Å². The lowest BCUT2D eigenvalue weighted by Crippen LogP contribution is -2.27. The van der Waals surface area contributed by atoms with Gasteiger partial charge >= 0.3 is 0 Å². The van der Waals surface area contributed by atoms with E-state index in [0.29, 0.717) is 27.9 Å². The number of carbonyl (C=O) groups excluding carboxylic acids is 1. The van der Waals surface area contributed by atoms with E-state index in [0.717, 1.165) is 12.0 Å². The fourth-order valence-electron chi connectivity index (χ4n) is 1.96. The van der Waals surface area contributed by atoms with Gasteiger partial charge in [-0.1, -0.05) is 41.4 Å². The number of benzene rings is 2. The number of hydrogen-bond donors (Lipinski definition) is 1. The summed E-state index contributed by atoms with van der Waals surface area (Å²) in [7, 11) is 0. The second-order valence-electron chi connectivity index (χ2n) is 4.92. The zero-order chi connectivity index (χ0) is 16.7. The number of halogens is 3. The summed E-state index contributed by atoms with van der Waals surface area (Å²) >= 11 is 13.1. The standard InChI is InChI=1S/C17H16Cl2FNOS/c18-13-6-4-12(5-7-13)8-9-21-17(22)11-23-10-14-15(19)2-1-3-16(14)20/h1-7H,8-11H2,(H,21,22). The molecule has 0 aliphatic heterocycles. The molecule has 0 saturated heterocycles. The van der Waals surface area contributed by atoms with Crippen LogP contribution in [0.1, 0.15) is 11.1 Å². The molecule has 1 N–H and O–H groups in total. The molecule has 122 valence electrons. The highest BCUT2D eigenvalue weighted by Gasteiger charge is 2.08. The molecule has 0 spiro atoms. The van der Waals surface area contributed by atoms with Crippen molar-refractivity contribution in [1.82, 2.24) is 5.32 Å². The average molecular weight is 372 g/mol. The minimum absolute atomic E-state index is 0.0728. The molecule has 0 atom stereocenters. The summed E-state index contributed by atoms with van der Waals surface area (Å²) in [6.07, 6.45) is 0.743. The van der Waals surface area contributed by atoms with E-state index < -0.39 is 0 Å². The molecular weight excluding hydrogens is 356 g/mol. The quantitative estimate of drug-likeness (QED) is 0.762. The third-order valence-corrected chi connectivity index (χ3v) is 4.76. The van der Waals surface area contributed by atoms with Crippen LogP contribution in [0.5, 0.6) is 0 Å². The second-order valence-corrected chi connectivity index (χ2v) is 6.75. The third-order valence-electron chi connectivity index (χ3n) is 3.19. The minimum atomic E-state index is -0.340. The highest BCUT2D eigenvalue weighted by atomic mass is 35.5. The van der Waals surface area contributed by atoms with Crippen molar-refractivity contribution < 1.29 is 9.18 Å². The van der Waals surface area contributed by atoms with E-state index in [9.17, 15) is 9.18 Å². The van der Waals surface area contributed by atoms with Crippen LogP contribution in [0.15, 0.2) is 42.5 Å². The van der Waals surface area contributed by atoms with Gasteiger partial charge in [-0.15, -0.1) is 11.8 Å². The predicted molar refractivity (Wildman–Crippen MR) is 95.7 cm³/mol. The first kappa shape index (κ1) is 18.1. The van der Waals surface area contributed by atoms with Gasteiger partial charge in [0.25, 0.3) is 0 Å². The molecule has 23 heavy (non-hydrogen) atoms. The topological polar surface area (TPSA) is 29.1 Å². The fraction of sp³-hybridized carbons (Fsp3) is 0.235. The van der Waals surface area contributed by atoms with Gasteiger partial charge in [0.05, 0.1) is 5.75 Å². The van der Waals surface area contributed by atoms with Crippen LogP contribution in [0.25, 0.3) is 0 Å². The number of nitrogens with one attached hydrogen (secondary N) is 1. The summed E-state index contributed by atoms with van der Waals surface area (Å²) < 4.78 is 13.6. The van der Waals surface area contributed by atoms with E-state index in [1.54, 1.807) is 12.1 Å². The zero-order valence-electron chi connectivity index (χ0n) is 12.3. The first-order valence-corrected chi connectivity index (χ1v) is 8.99. The van der Waals surface area contributed by atoms with Gasteiger partial charge in [0, 0.05) is 27.9 Å². The maximum atomic E-state index is 13.6. The van der Waals surface area contributed by atoms with Gasteiger partial charge in [-0.2, -0.15) is 0 Å². The first-order chi connectivity index (χ1) is 11.1. The van der Waals surface area contributed by atoms with E-state index in [1.165, 1.54) is 17.8 Å². The Morgan fingerprint density at radius 1 is 1.13 bits per heavy atom. The lowest BCUT2D eigenvalue weighted by molar-refractivity contribution is -0.118. The molecule has 0 radical (unpaired) electrons. The Hall–Kier alpha value is -1.23. The molecule has 2 nitrogen and oxygen atoms in total. The van der Waals surface area contributed by atoms with Crippen LogP contribution in [0.4, 0.5) is 4.39 Å². The van der Waals surface area contributed by atoms with Crippen LogP contribution in [-0.2, 0) is 17.0 Å². The number of carbonyl (C=O) groups is 1. The Morgan fingerprint density at radius 3 is 2.57 bits per heavy atom. The maximum Gasteiger partial charge on any atom is 0.230 e. The molecule has 0 aromatic heterocycles. The molecule has 2 rings (SSSR count). The highest BCUT2D eigenvalue weighted by Crippen LogP contribution is 2.23. The molecular formula is C17H16Cl2FNOS. The van der Waals surface area contributed by atoms with E-state index in [1.807, 2.05) is 24.3 Å². The summed E-state index contributed by atoms with van der Waals surface area (Å²) in [4.78, 5) is 11.8. The molecule has 0 fully saturated rings. The van der Waals surface area contributed by atoms with Crippen LogP contribution < -0.4 is 5.32 Å². The number of thioether (sulfide) groups is 1. The van der Waals surface area contributed by atoms with E-state index in [-0.39, 0.29) is 17.5 Å². The predicted octanol–water partition coefficient (Wildman–Crippen LogP) is 4.72. The average Bonchev–Trinajstić information content (AvgIpc) is 2.52. The molecule has 0 heterocycles. The third kappa shape index (κ3) is 6.05. The lowest BCUT2D eigenvalue weighted by Gasteiger charge is -2.07. The summed E-state index contributed by atoms with van der Waals surface area (Å²) in [5.74, 6) is 0.228. The molecule has 1 amide bonds. The van der Waals surface area contributed by atoms with Gasteiger partial charge in [0.1, 0.15) is 5.82 Å². The Bertz CT molecular complexity index is 644. The van der Waals surface area contributed by atoms with Gasteiger partial charge in [0.2, 0.25) is 5.91 Å². The molecule has 2 aromatic rings. The Kier molecular flexibility index (Phi) is 7.21. The largest absolute Gasteiger partial charge is 0.355 e. The Morgan fingerprint density at radius 2 is 1.87 bits per heavy atom. The first-order valence-electron chi connectivity index (χ1n) is 7.08. The normalized spacial score (nSPS) is 10.6. The van der Waals surface area contributed by atoms with Crippen molar-refractivity contribution in [2.24, 2.45) is 0 Å². The van der Waals surface area contributed by atoms with Crippen LogP contribution in [0.3, 0.4) is 0 Å². The summed E-state index contributed by atoms with van der Waals surface area (Å²) in [6.45, 7) is 0.557. The van der Waals surface area contributed by atoms with Crippen LogP contribution in [-0.4, -0.2) is 18.2 Å². The monoisotopic (exact) mass is 371 g/mol. The van der Waals surface area contributed by atoms with Crippen molar-refractivity contribution in [3.63, 3.8) is 0 Å². The number of rotatable bonds is 7. The molecule has 0 unspecified atom stereocenters. The van der Waals surface area contributed by atoms with Crippen LogP contribution >= 0.6 is 35.0 Å². The van der Waals surface area contributed by atoms with E-state index >= 15 is 0 Å². The number of amides is 1. The maximum absolute atomic E-state index is 13.6. The van der Waals surface area contributed by atoms with Crippen molar-refractivity contribution in [2.75, 3.05) is 12.3 Å². The molecule has 0 saturated carbocycles. The van der Waals surface area contributed by atoms with Crippen molar-refractivity contribution >= 4 is 40.9 Å². The molecule has 2 aromatic carbocycles. The molecule has 0 aliphatic rings. The van der Waals surface area contributed by atoms with Crippen molar-refractivity contribution in [1.29, 1.82) is 0 Å². The molecule has 6 heteroatoms. The van der Waals surface area contributed by atoms with Gasteiger partial charge in [-0.3, -0.25) is 4.79 Å². The smallest absolute Gasteiger partial charge is 0.230 e. The second kappa shape index (κ2) is 9.16. The zero-order valence-corrected chi connectivity index (χ0v) is 14.6. The fourth-order valence-corrected chi connectivity index (χ4v) is 3.29. The molecule has 0 bridgehead atoms. The highest BCUT2D eigenvalue weighted by molar-refractivity contribution is 7.99. The van der Waals surface area contributed by atoms with E-state index in [2.05, 4.69) is 5.32 Å². The van der Waals surface area contributed by atoms with Gasteiger partial charge in [-0.05, 0) is 36.2 Å². The van der Waals surface area contributed by atoms with E-state index in [4.69, 9.17) is 23.2 Å². The summed E-state index contributed by atoms with van der Waals surface area (Å²) in [5.41, 5.74) is 1.55. The SMILES string of the molecule is O=C(CSCc1c(F)cccc1Cl)NCCc1ccc(Cl)cc1. The van der Waals surface area contributed by atoms with Gasteiger partial charge in [-0.25, -0.2) is 4.39 Å². The summed E-state index contributed by atoms with van der Waals surface area (Å²) in [6, 6.07) is 12.1. The minimum Gasteiger partial charge on any atom is -0.355 e. The van der Waals surface area contributed by atoms with Gasteiger partial charge in [0.15, 0.2) is 0 Å². The lowest BCUT2D eigenvalue weighted by atomic mass is 10.1. The van der Waals surface area contributed by atoms with Crippen molar-refractivity contribution in [3.8, 4) is 0 Å². The van der Waals surface area contributed by atoms with Gasteiger partial charge < -0.3 is 5.32 Å². The molecule has 0 aliphatic carbocycles. The van der Waals surface area contributed by atoms with Crippen LogP contribution in [0, 0.1) is 5.82 Å². The van der Waals surface area contributed by atoms with Crippen molar-refractivity contribution in [2.45, 2.75) is 12.2 Å². The number of hydrogen-bond acceptors (Lipinski definition) is 2. The Balaban J connectivity index is 1.68. The Labute approximate surface area is 149 Å².